The third-order valence-corrected chi connectivity index (χ3v) is 7.59. The number of nitrogens with zero attached hydrogens (tertiary/aromatic N) is 2. The van der Waals surface area contributed by atoms with E-state index in [2.05, 4.69) is 28.4 Å². The lowest BCUT2D eigenvalue weighted by Crippen LogP contribution is -2.48. The average molecular weight is 658 g/mol. The number of anilines is 1. The number of hydrogen-bond donors (Lipinski definition) is 4. The summed E-state index contributed by atoms with van der Waals surface area (Å²) in [4.78, 5) is 39.7. The lowest BCUT2D eigenvalue weighted by Gasteiger charge is -2.31. The summed E-state index contributed by atoms with van der Waals surface area (Å²) in [6.45, 7) is 10.5. The molecule has 0 saturated heterocycles. The van der Waals surface area contributed by atoms with Crippen LogP contribution in [0.1, 0.15) is 70.7 Å². The van der Waals surface area contributed by atoms with Gasteiger partial charge < -0.3 is 40.0 Å². The molecule has 0 saturated carbocycles. The van der Waals surface area contributed by atoms with Crippen LogP contribution in [0.2, 0.25) is 0 Å². The second-order valence-electron chi connectivity index (χ2n) is 11.6. The summed E-state index contributed by atoms with van der Waals surface area (Å²) in [6, 6.07) is 9.10. The van der Waals surface area contributed by atoms with Gasteiger partial charge in [-0.3, -0.25) is 14.4 Å². The lowest BCUT2D eigenvalue weighted by atomic mass is 10.1. The molecule has 3 rings (SSSR count). The molecule has 252 valence electrons. The summed E-state index contributed by atoms with van der Waals surface area (Å²) in [5.41, 5.74) is 6.86. The molecule has 4 N–H and O–H groups in total. The second kappa shape index (κ2) is 17.7. The van der Waals surface area contributed by atoms with Crippen molar-refractivity contribution >= 4 is 47.1 Å². The molecular weight excluding hydrogens is 610 g/mol. The SMILES string of the molecule is COc1cc(C(=O)N(C(C)C)C(C)C)ccc1OCCCCOc1ccc2c(NC(=O)C(C)NC(=O)C(N)CCCS)noc2c1. The van der Waals surface area contributed by atoms with E-state index in [1.165, 1.54) is 0 Å². The summed E-state index contributed by atoms with van der Waals surface area (Å²) in [5, 5.41) is 9.86. The van der Waals surface area contributed by atoms with Gasteiger partial charge in [0.15, 0.2) is 22.9 Å². The lowest BCUT2D eigenvalue weighted by molar-refractivity contribution is -0.127. The third-order valence-electron chi connectivity index (χ3n) is 7.27. The minimum absolute atomic E-state index is 0.0479. The first-order chi connectivity index (χ1) is 22.0. The molecule has 1 heterocycles. The van der Waals surface area contributed by atoms with Crippen LogP contribution in [0.15, 0.2) is 40.9 Å². The fourth-order valence-corrected chi connectivity index (χ4v) is 5.04. The van der Waals surface area contributed by atoms with Gasteiger partial charge in [0.1, 0.15) is 11.8 Å². The van der Waals surface area contributed by atoms with Gasteiger partial charge in [-0.25, -0.2) is 0 Å². The maximum atomic E-state index is 13.0. The molecule has 0 radical (unpaired) electrons. The van der Waals surface area contributed by atoms with Crippen molar-refractivity contribution in [2.45, 2.75) is 84.5 Å². The van der Waals surface area contributed by atoms with Crippen LogP contribution >= 0.6 is 12.6 Å². The number of carbonyl (C=O) groups is 3. The van der Waals surface area contributed by atoms with E-state index in [-0.39, 0.29) is 23.8 Å². The molecule has 0 aliphatic rings. The molecule has 0 aliphatic carbocycles. The van der Waals surface area contributed by atoms with E-state index in [0.717, 1.165) is 12.8 Å². The minimum atomic E-state index is -0.817. The number of nitrogens with two attached hydrogens (primary N) is 1. The van der Waals surface area contributed by atoms with Crippen molar-refractivity contribution in [1.29, 1.82) is 0 Å². The average Bonchev–Trinajstić information content (AvgIpc) is 3.42. The van der Waals surface area contributed by atoms with Gasteiger partial charge in [-0.1, -0.05) is 5.16 Å². The Kier molecular flexibility index (Phi) is 14.0. The first-order valence-electron chi connectivity index (χ1n) is 15.6. The molecule has 2 aromatic carbocycles. The Bertz CT molecular complexity index is 1450. The molecule has 13 heteroatoms. The normalized spacial score (nSPS) is 12.6. The molecule has 12 nitrogen and oxygen atoms in total. The number of aromatic nitrogens is 1. The number of rotatable bonds is 18. The molecular formula is C33H47N5O7S. The Morgan fingerprint density at radius 3 is 2.28 bits per heavy atom. The zero-order chi connectivity index (χ0) is 33.8. The van der Waals surface area contributed by atoms with Gasteiger partial charge in [-0.05, 0) is 96.4 Å². The van der Waals surface area contributed by atoms with E-state index in [9.17, 15) is 14.4 Å². The predicted octanol–water partition coefficient (Wildman–Crippen LogP) is 4.81. The number of thiol groups is 1. The molecule has 3 amide bonds. The standard InChI is InChI=1S/C33H47N5O7S/c1-20(2)38(21(3)4)33(41)23-11-14-27(29(18-23)42-6)44-16-8-7-15-43-24-12-13-25-28(19-24)45-37-30(25)36-31(39)22(5)35-32(40)26(34)10-9-17-46/h11-14,18-22,26,46H,7-10,15-17,34H2,1-6H3,(H,35,40)(H,36,37,39). The van der Waals surface area contributed by atoms with Crippen LogP contribution in [0.5, 0.6) is 17.2 Å². The molecule has 0 bridgehead atoms. The molecule has 0 aliphatic heterocycles. The molecule has 0 spiro atoms. The fourth-order valence-electron chi connectivity index (χ4n) is 4.86. The monoisotopic (exact) mass is 657 g/mol. The maximum Gasteiger partial charge on any atom is 0.254 e. The van der Waals surface area contributed by atoms with Crippen LogP contribution in [0.4, 0.5) is 5.82 Å². The van der Waals surface area contributed by atoms with Crippen molar-refractivity contribution in [3.8, 4) is 17.2 Å². The Hall–Kier alpha value is -3.97. The second-order valence-corrected chi connectivity index (χ2v) is 12.0. The number of carbonyl (C=O) groups excluding carboxylic acids is 3. The van der Waals surface area contributed by atoms with Crippen molar-refractivity contribution in [1.82, 2.24) is 15.4 Å². The van der Waals surface area contributed by atoms with Gasteiger partial charge in [0.25, 0.3) is 5.91 Å². The zero-order valence-electron chi connectivity index (χ0n) is 27.5. The molecule has 2 atom stereocenters. The first kappa shape index (κ1) is 36.5. The predicted molar refractivity (Wildman–Crippen MR) is 181 cm³/mol. The van der Waals surface area contributed by atoms with Crippen molar-refractivity contribution in [2.75, 3.05) is 31.4 Å². The highest BCUT2D eigenvalue weighted by molar-refractivity contribution is 7.80. The summed E-state index contributed by atoms with van der Waals surface area (Å²) in [5.74, 6) is 1.66. The van der Waals surface area contributed by atoms with Gasteiger partial charge in [-0.2, -0.15) is 12.6 Å². The van der Waals surface area contributed by atoms with Crippen LogP contribution in [0.25, 0.3) is 11.0 Å². The van der Waals surface area contributed by atoms with Crippen LogP contribution < -0.4 is 30.6 Å². The fraction of sp³-hybridized carbons (Fsp3) is 0.515. The van der Waals surface area contributed by atoms with E-state index < -0.39 is 23.9 Å². The Morgan fingerprint density at radius 1 is 0.935 bits per heavy atom. The highest BCUT2D eigenvalue weighted by Crippen LogP contribution is 2.30. The number of nitrogens with one attached hydrogen (secondary N) is 2. The maximum absolute atomic E-state index is 13.0. The molecule has 0 fully saturated rings. The van der Waals surface area contributed by atoms with Crippen molar-refractivity contribution in [2.24, 2.45) is 5.73 Å². The van der Waals surface area contributed by atoms with E-state index in [4.69, 9.17) is 24.5 Å². The largest absolute Gasteiger partial charge is 0.493 e. The number of methoxy groups -OCH3 is 1. The van der Waals surface area contributed by atoms with E-state index in [1.807, 2.05) is 32.6 Å². The Labute approximate surface area is 276 Å². The molecule has 3 aromatic rings. The Balaban J connectivity index is 1.45. The van der Waals surface area contributed by atoms with Crippen LogP contribution in [0, 0.1) is 0 Å². The highest BCUT2D eigenvalue weighted by atomic mass is 32.1. The van der Waals surface area contributed by atoms with Crippen LogP contribution in [0.3, 0.4) is 0 Å². The van der Waals surface area contributed by atoms with Gasteiger partial charge >= 0.3 is 0 Å². The zero-order valence-corrected chi connectivity index (χ0v) is 28.4. The summed E-state index contributed by atoms with van der Waals surface area (Å²) in [6.07, 6.45) is 2.65. The quantitative estimate of drug-likeness (QED) is 0.111. The number of benzene rings is 2. The molecule has 46 heavy (non-hydrogen) atoms. The summed E-state index contributed by atoms with van der Waals surface area (Å²) in [7, 11) is 1.56. The van der Waals surface area contributed by atoms with Gasteiger partial charge in [0.2, 0.25) is 11.8 Å². The number of amides is 3. The van der Waals surface area contributed by atoms with E-state index in [1.54, 1.807) is 50.4 Å². The first-order valence-corrected chi connectivity index (χ1v) is 16.2. The summed E-state index contributed by atoms with van der Waals surface area (Å²) < 4.78 is 22.7. The van der Waals surface area contributed by atoms with Crippen molar-refractivity contribution in [3.63, 3.8) is 0 Å². The number of ether oxygens (including phenoxy) is 3. The van der Waals surface area contributed by atoms with Gasteiger partial charge in [0, 0.05) is 23.7 Å². The Morgan fingerprint density at radius 2 is 1.63 bits per heavy atom. The molecule has 2 unspecified atom stereocenters. The topological polar surface area (TPSA) is 158 Å². The smallest absolute Gasteiger partial charge is 0.254 e. The van der Waals surface area contributed by atoms with Crippen molar-refractivity contribution in [3.05, 3.63) is 42.0 Å². The molecule has 1 aromatic heterocycles. The van der Waals surface area contributed by atoms with Crippen LogP contribution in [-0.2, 0) is 9.59 Å². The van der Waals surface area contributed by atoms with Gasteiger partial charge in [-0.15, -0.1) is 0 Å². The van der Waals surface area contributed by atoms with Gasteiger partial charge in [0.05, 0.1) is 31.8 Å². The third kappa shape index (κ3) is 10.0. The van der Waals surface area contributed by atoms with E-state index in [0.29, 0.717) is 65.6 Å². The van der Waals surface area contributed by atoms with Crippen molar-refractivity contribution < 1.29 is 33.1 Å². The number of unbranched alkanes of at least 4 members (excludes halogenated alkanes) is 1. The van der Waals surface area contributed by atoms with Crippen LogP contribution in [-0.4, -0.2) is 78.0 Å². The number of hydrogen-bond acceptors (Lipinski definition) is 10. The van der Waals surface area contributed by atoms with E-state index >= 15 is 0 Å². The highest BCUT2D eigenvalue weighted by Gasteiger charge is 2.23. The minimum Gasteiger partial charge on any atom is -0.493 e. The summed E-state index contributed by atoms with van der Waals surface area (Å²) >= 11 is 4.12. The number of fused-ring (bicyclic) bond motifs is 1.